The first-order valence-corrected chi connectivity index (χ1v) is 10.1. The first kappa shape index (κ1) is 17.9. The number of nitrogens with two attached hydrogens (primary N) is 1. The van der Waals surface area contributed by atoms with Crippen LogP contribution < -0.4 is 5.73 Å². The van der Waals surface area contributed by atoms with Gasteiger partial charge in [-0.05, 0) is 47.4 Å². The van der Waals surface area contributed by atoms with Gasteiger partial charge in [-0.25, -0.2) is 13.4 Å². The van der Waals surface area contributed by atoms with Crippen LogP contribution in [-0.4, -0.2) is 24.8 Å². The first-order valence-electron chi connectivity index (χ1n) is 8.18. The molecule has 3 N–H and O–H groups in total. The zero-order valence-electron chi connectivity index (χ0n) is 14.6. The third-order valence-electron chi connectivity index (χ3n) is 4.32. The van der Waals surface area contributed by atoms with Gasteiger partial charge in [0.15, 0.2) is 9.84 Å². The molecule has 1 aromatic heterocycles. The lowest BCUT2D eigenvalue weighted by atomic mass is 9.92. The first-order chi connectivity index (χ1) is 12.3. The van der Waals surface area contributed by atoms with E-state index < -0.39 is 9.84 Å². The van der Waals surface area contributed by atoms with Crippen molar-refractivity contribution in [3.05, 3.63) is 60.3 Å². The molecule has 26 heavy (non-hydrogen) atoms. The van der Waals surface area contributed by atoms with Crippen molar-refractivity contribution >= 4 is 15.7 Å². The molecule has 0 aliphatic rings. The number of nitrogens with zero attached hydrogens (tertiary/aromatic N) is 1. The van der Waals surface area contributed by atoms with Crippen LogP contribution in [0.25, 0.3) is 22.3 Å². The summed E-state index contributed by atoms with van der Waals surface area (Å²) in [5.74, 6) is 0.600. The van der Waals surface area contributed by atoms with Crippen LogP contribution in [0.4, 0.5) is 5.82 Å². The SMILES string of the molecule is CCc1c(-c2ccc(O)cc2)cnc(N)c1-c1ccc(S(C)(=O)=O)cc1. The summed E-state index contributed by atoms with van der Waals surface area (Å²) in [4.78, 5) is 4.60. The Kier molecular flexibility index (Phi) is 4.70. The van der Waals surface area contributed by atoms with E-state index in [-0.39, 0.29) is 10.6 Å². The minimum Gasteiger partial charge on any atom is -0.508 e. The second-order valence-electron chi connectivity index (χ2n) is 6.11. The molecule has 0 amide bonds. The maximum atomic E-state index is 11.7. The number of pyridine rings is 1. The van der Waals surface area contributed by atoms with Gasteiger partial charge in [-0.3, -0.25) is 0 Å². The molecule has 3 aromatic rings. The van der Waals surface area contributed by atoms with E-state index in [1.165, 1.54) is 6.26 Å². The highest BCUT2D eigenvalue weighted by molar-refractivity contribution is 7.90. The molecule has 0 radical (unpaired) electrons. The number of sulfone groups is 1. The van der Waals surface area contributed by atoms with Crippen molar-refractivity contribution in [2.45, 2.75) is 18.2 Å². The van der Waals surface area contributed by atoms with Crippen LogP contribution in [0.15, 0.2) is 59.6 Å². The third kappa shape index (κ3) is 3.41. The molecule has 5 nitrogen and oxygen atoms in total. The molecule has 0 unspecified atom stereocenters. The molecular weight excluding hydrogens is 348 g/mol. The quantitative estimate of drug-likeness (QED) is 0.733. The van der Waals surface area contributed by atoms with Gasteiger partial charge in [-0.1, -0.05) is 31.2 Å². The lowest BCUT2D eigenvalue weighted by Crippen LogP contribution is -2.02. The van der Waals surface area contributed by atoms with Crippen molar-refractivity contribution in [1.29, 1.82) is 0 Å². The summed E-state index contributed by atoms with van der Waals surface area (Å²) >= 11 is 0. The van der Waals surface area contributed by atoms with E-state index in [9.17, 15) is 13.5 Å². The number of aromatic hydroxyl groups is 1. The average Bonchev–Trinajstić information content (AvgIpc) is 2.61. The standard InChI is InChI=1S/C20H20N2O3S/c1-3-17-18(13-4-8-15(23)9-5-13)12-22-20(21)19(17)14-6-10-16(11-7-14)26(2,24)25/h4-12,23H,3H2,1-2H3,(H2,21,22). The Morgan fingerprint density at radius 1 is 1.00 bits per heavy atom. The van der Waals surface area contributed by atoms with E-state index in [0.717, 1.165) is 34.2 Å². The predicted octanol–water partition coefficient (Wildman–Crippen LogP) is 3.67. The number of rotatable bonds is 4. The largest absolute Gasteiger partial charge is 0.508 e. The summed E-state index contributed by atoms with van der Waals surface area (Å²) in [6.45, 7) is 2.03. The second kappa shape index (κ2) is 6.80. The van der Waals surface area contributed by atoms with Crippen LogP contribution in [0.5, 0.6) is 5.75 Å². The van der Waals surface area contributed by atoms with Gasteiger partial charge >= 0.3 is 0 Å². The lowest BCUT2D eigenvalue weighted by Gasteiger charge is -2.16. The Bertz CT molecular complexity index is 1040. The van der Waals surface area contributed by atoms with E-state index in [2.05, 4.69) is 4.98 Å². The molecule has 0 spiro atoms. The van der Waals surface area contributed by atoms with Gasteiger partial charge in [0.25, 0.3) is 0 Å². The summed E-state index contributed by atoms with van der Waals surface area (Å²) in [5, 5.41) is 9.51. The normalized spacial score (nSPS) is 11.5. The topological polar surface area (TPSA) is 93.3 Å². The summed E-state index contributed by atoms with van der Waals surface area (Å²) < 4.78 is 23.4. The fourth-order valence-corrected chi connectivity index (χ4v) is 3.64. The van der Waals surface area contributed by atoms with Crippen LogP contribution >= 0.6 is 0 Å². The average molecular weight is 368 g/mol. The van der Waals surface area contributed by atoms with Crippen molar-refractivity contribution in [2.75, 3.05) is 12.0 Å². The van der Waals surface area contributed by atoms with Gasteiger partial charge in [-0.2, -0.15) is 0 Å². The van der Waals surface area contributed by atoms with Crippen molar-refractivity contribution in [1.82, 2.24) is 4.98 Å². The number of hydrogen-bond donors (Lipinski definition) is 2. The molecule has 0 fully saturated rings. The number of nitrogen functional groups attached to an aromatic ring is 1. The van der Waals surface area contributed by atoms with E-state index in [0.29, 0.717) is 5.82 Å². The second-order valence-corrected chi connectivity index (χ2v) is 8.12. The highest BCUT2D eigenvalue weighted by Gasteiger charge is 2.16. The minimum atomic E-state index is -3.25. The monoisotopic (exact) mass is 368 g/mol. The van der Waals surface area contributed by atoms with E-state index in [1.807, 2.05) is 19.1 Å². The molecule has 134 valence electrons. The van der Waals surface area contributed by atoms with E-state index >= 15 is 0 Å². The van der Waals surface area contributed by atoms with Gasteiger partial charge in [0.2, 0.25) is 0 Å². The zero-order valence-corrected chi connectivity index (χ0v) is 15.4. The van der Waals surface area contributed by atoms with Crippen LogP contribution in [0, 0.1) is 0 Å². The summed E-state index contributed by atoms with van der Waals surface area (Å²) in [6, 6.07) is 13.6. The number of aromatic nitrogens is 1. The minimum absolute atomic E-state index is 0.201. The van der Waals surface area contributed by atoms with Crippen LogP contribution in [0.1, 0.15) is 12.5 Å². The molecule has 0 bridgehead atoms. The molecule has 6 heteroatoms. The highest BCUT2D eigenvalue weighted by Crippen LogP contribution is 2.36. The molecule has 0 saturated heterocycles. The lowest BCUT2D eigenvalue weighted by molar-refractivity contribution is 0.475. The fraction of sp³-hybridized carbons (Fsp3) is 0.150. The van der Waals surface area contributed by atoms with Crippen LogP contribution in [-0.2, 0) is 16.3 Å². The number of anilines is 1. The van der Waals surface area contributed by atoms with E-state index in [1.54, 1.807) is 42.6 Å². The molecule has 0 aliphatic carbocycles. The van der Waals surface area contributed by atoms with Crippen molar-refractivity contribution in [3.63, 3.8) is 0 Å². The Hall–Kier alpha value is -2.86. The molecule has 0 aliphatic heterocycles. The Labute approximate surface area is 153 Å². The van der Waals surface area contributed by atoms with Crippen molar-refractivity contribution in [2.24, 2.45) is 0 Å². The maximum Gasteiger partial charge on any atom is 0.175 e. The Balaban J connectivity index is 2.18. The van der Waals surface area contributed by atoms with Gasteiger partial charge in [-0.15, -0.1) is 0 Å². The maximum absolute atomic E-state index is 11.7. The molecule has 2 aromatic carbocycles. The zero-order chi connectivity index (χ0) is 18.9. The molecule has 0 atom stereocenters. The van der Waals surface area contributed by atoms with Crippen molar-refractivity contribution in [3.8, 4) is 28.0 Å². The number of phenols is 1. The van der Waals surface area contributed by atoms with Crippen LogP contribution in [0.2, 0.25) is 0 Å². The highest BCUT2D eigenvalue weighted by atomic mass is 32.2. The molecular formula is C20H20N2O3S. The molecule has 0 saturated carbocycles. The van der Waals surface area contributed by atoms with Gasteiger partial charge in [0.05, 0.1) is 4.90 Å². The smallest absolute Gasteiger partial charge is 0.175 e. The molecule has 1 heterocycles. The fourth-order valence-electron chi connectivity index (χ4n) is 3.01. The van der Waals surface area contributed by atoms with Gasteiger partial charge in [0, 0.05) is 23.6 Å². The number of benzene rings is 2. The summed E-state index contributed by atoms with van der Waals surface area (Å²) in [5.41, 5.74) is 10.7. The van der Waals surface area contributed by atoms with Crippen molar-refractivity contribution < 1.29 is 13.5 Å². The van der Waals surface area contributed by atoms with Gasteiger partial charge in [0.1, 0.15) is 11.6 Å². The van der Waals surface area contributed by atoms with Gasteiger partial charge < -0.3 is 10.8 Å². The Morgan fingerprint density at radius 2 is 1.58 bits per heavy atom. The Morgan fingerprint density at radius 3 is 2.12 bits per heavy atom. The van der Waals surface area contributed by atoms with Crippen LogP contribution in [0.3, 0.4) is 0 Å². The van der Waals surface area contributed by atoms with E-state index in [4.69, 9.17) is 5.73 Å². The number of phenolic OH excluding ortho intramolecular Hbond substituents is 1. The third-order valence-corrected chi connectivity index (χ3v) is 5.45. The summed E-state index contributed by atoms with van der Waals surface area (Å²) in [6.07, 6.45) is 3.64. The summed E-state index contributed by atoms with van der Waals surface area (Å²) in [7, 11) is -3.25. The number of hydrogen-bond acceptors (Lipinski definition) is 5. The predicted molar refractivity (Wildman–Crippen MR) is 104 cm³/mol. The molecule has 3 rings (SSSR count).